The predicted molar refractivity (Wildman–Crippen MR) is 131 cm³/mol. The smallest absolute Gasteiger partial charge is 0.249 e. The Morgan fingerprint density at radius 1 is 0.970 bits per heavy atom. The van der Waals surface area contributed by atoms with E-state index in [0.29, 0.717) is 33.0 Å². The van der Waals surface area contributed by atoms with Crippen LogP contribution in [0, 0.1) is 6.92 Å². The molecule has 1 amide bonds. The van der Waals surface area contributed by atoms with E-state index in [4.69, 9.17) is 27.6 Å². The minimum atomic E-state index is -0.133. The first kappa shape index (κ1) is 21.4. The van der Waals surface area contributed by atoms with E-state index >= 15 is 0 Å². The van der Waals surface area contributed by atoms with Gasteiger partial charge in [0.05, 0.1) is 28.5 Å². The molecular formula is C26H19Cl2N3O2. The number of amides is 1. The van der Waals surface area contributed by atoms with Crippen LogP contribution in [0.2, 0.25) is 10.0 Å². The topological polar surface area (TPSA) is 58.7 Å². The summed E-state index contributed by atoms with van der Waals surface area (Å²) >= 11 is 12.7. The SMILES string of the molecule is Cc1oc(-c2ccccc2Cl)nc1CN1C(=O)CN=C(c2ccccc2)c2cc(Cl)ccc21. The summed E-state index contributed by atoms with van der Waals surface area (Å²) in [6.45, 7) is 2.09. The van der Waals surface area contributed by atoms with Crippen molar-refractivity contribution in [3.63, 3.8) is 0 Å². The van der Waals surface area contributed by atoms with Crippen LogP contribution in [-0.2, 0) is 11.3 Å². The van der Waals surface area contributed by atoms with Gasteiger partial charge >= 0.3 is 0 Å². The average Bonchev–Trinajstić information content (AvgIpc) is 3.12. The van der Waals surface area contributed by atoms with Crippen molar-refractivity contribution in [1.29, 1.82) is 0 Å². The second-order valence-electron chi connectivity index (χ2n) is 7.67. The maximum atomic E-state index is 13.2. The lowest BCUT2D eigenvalue weighted by Gasteiger charge is -2.22. The van der Waals surface area contributed by atoms with Crippen molar-refractivity contribution in [2.75, 3.05) is 11.4 Å². The van der Waals surface area contributed by atoms with E-state index in [1.54, 1.807) is 17.0 Å². The molecule has 7 heteroatoms. The van der Waals surface area contributed by atoms with Gasteiger partial charge in [-0.15, -0.1) is 0 Å². The standard InChI is InChI=1S/C26H19Cl2N3O2/c1-16-22(30-26(33-16)19-9-5-6-10-21(19)28)15-31-23-12-11-18(27)13-20(23)25(29-14-24(31)32)17-7-3-2-4-8-17/h2-13H,14-15H2,1H3. The minimum Gasteiger partial charge on any atom is -0.441 e. The van der Waals surface area contributed by atoms with E-state index in [9.17, 15) is 4.79 Å². The fourth-order valence-electron chi connectivity index (χ4n) is 3.88. The molecule has 3 aromatic carbocycles. The molecule has 1 aromatic heterocycles. The van der Waals surface area contributed by atoms with E-state index in [2.05, 4.69) is 9.98 Å². The summed E-state index contributed by atoms with van der Waals surface area (Å²) in [5.41, 5.74) is 4.55. The zero-order chi connectivity index (χ0) is 22.9. The predicted octanol–water partition coefficient (Wildman–Crippen LogP) is 6.34. The van der Waals surface area contributed by atoms with Crippen molar-refractivity contribution in [2.24, 2.45) is 4.99 Å². The fraction of sp³-hybridized carbons (Fsp3) is 0.115. The molecule has 0 radical (unpaired) electrons. The van der Waals surface area contributed by atoms with E-state index in [0.717, 1.165) is 22.5 Å². The largest absolute Gasteiger partial charge is 0.441 e. The molecule has 33 heavy (non-hydrogen) atoms. The first-order valence-electron chi connectivity index (χ1n) is 10.4. The van der Waals surface area contributed by atoms with Crippen LogP contribution in [0.4, 0.5) is 5.69 Å². The number of aromatic nitrogens is 1. The zero-order valence-corrected chi connectivity index (χ0v) is 19.3. The summed E-state index contributed by atoms with van der Waals surface area (Å²) in [6.07, 6.45) is 0. The van der Waals surface area contributed by atoms with Gasteiger partial charge in [-0.1, -0.05) is 65.7 Å². The minimum absolute atomic E-state index is 0.0186. The van der Waals surface area contributed by atoms with Gasteiger partial charge in [0.25, 0.3) is 0 Å². The molecule has 0 aliphatic carbocycles. The summed E-state index contributed by atoms with van der Waals surface area (Å²) in [5.74, 6) is 0.917. The number of hydrogen-bond donors (Lipinski definition) is 0. The van der Waals surface area contributed by atoms with Gasteiger partial charge in [0.15, 0.2) is 0 Å². The van der Waals surface area contributed by atoms with E-state index in [1.807, 2.05) is 67.6 Å². The second-order valence-corrected chi connectivity index (χ2v) is 8.52. The third-order valence-corrected chi connectivity index (χ3v) is 6.09. The third kappa shape index (κ3) is 4.17. The van der Waals surface area contributed by atoms with Crippen LogP contribution >= 0.6 is 23.2 Å². The van der Waals surface area contributed by atoms with Gasteiger partial charge < -0.3 is 9.32 Å². The summed E-state index contributed by atoms with van der Waals surface area (Å²) in [6, 6.07) is 22.6. The Hall–Kier alpha value is -3.41. The quantitative estimate of drug-likeness (QED) is 0.345. The van der Waals surface area contributed by atoms with E-state index in [-0.39, 0.29) is 19.0 Å². The molecule has 4 aromatic rings. The lowest BCUT2D eigenvalue weighted by Crippen LogP contribution is -2.32. The molecule has 0 spiro atoms. The van der Waals surface area contributed by atoms with Crippen LogP contribution in [-0.4, -0.2) is 23.1 Å². The molecular weight excluding hydrogens is 457 g/mol. The van der Waals surface area contributed by atoms with Crippen LogP contribution in [0.25, 0.3) is 11.5 Å². The lowest BCUT2D eigenvalue weighted by atomic mass is 10.00. The normalized spacial score (nSPS) is 13.5. The van der Waals surface area contributed by atoms with Crippen molar-refractivity contribution in [3.05, 3.63) is 105 Å². The number of carbonyl (C=O) groups is 1. The summed E-state index contributed by atoms with van der Waals surface area (Å²) in [5, 5.41) is 1.13. The molecule has 0 saturated heterocycles. The number of anilines is 1. The van der Waals surface area contributed by atoms with Crippen molar-refractivity contribution in [1.82, 2.24) is 4.98 Å². The van der Waals surface area contributed by atoms with E-state index < -0.39 is 0 Å². The number of benzene rings is 3. The van der Waals surface area contributed by atoms with Crippen LogP contribution in [0.3, 0.4) is 0 Å². The number of aryl methyl sites for hydroxylation is 1. The first-order chi connectivity index (χ1) is 16.0. The van der Waals surface area contributed by atoms with Gasteiger partial charge in [-0.3, -0.25) is 9.79 Å². The van der Waals surface area contributed by atoms with Gasteiger partial charge in [-0.2, -0.15) is 0 Å². The Kier molecular flexibility index (Phi) is 5.75. The molecule has 2 heterocycles. The number of rotatable bonds is 4. The Bertz CT molecular complexity index is 1380. The molecule has 164 valence electrons. The molecule has 1 aliphatic rings. The van der Waals surface area contributed by atoms with Gasteiger partial charge in [-0.05, 0) is 37.3 Å². The Labute approximate surface area is 201 Å². The molecule has 1 aliphatic heterocycles. The monoisotopic (exact) mass is 475 g/mol. The van der Waals surface area contributed by atoms with E-state index in [1.165, 1.54) is 0 Å². The molecule has 5 nitrogen and oxygen atoms in total. The second kappa shape index (κ2) is 8.85. The Morgan fingerprint density at radius 3 is 2.52 bits per heavy atom. The van der Waals surface area contributed by atoms with Crippen LogP contribution in [0.15, 0.2) is 82.2 Å². The van der Waals surface area contributed by atoms with Crippen LogP contribution in [0.1, 0.15) is 22.6 Å². The van der Waals surface area contributed by atoms with Crippen molar-refractivity contribution < 1.29 is 9.21 Å². The average molecular weight is 476 g/mol. The summed E-state index contributed by atoms with van der Waals surface area (Å²) < 4.78 is 5.90. The van der Waals surface area contributed by atoms with Gasteiger partial charge in [0, 0.05) is 16.1 Å². The molecule has 0 unspecified atom stereocenters. The molecule has 0 atom stereocenters. The van der Waals surface area contributed by atoms with Gasteiger partial charge in [-0.25, -0.2) is 4.98 Å². The third-order valence-electron chi connectivity index (χ3n) is 5.53. The highest BCUT2D eigenvalue weighted by Crippen LogP contribution is 2.33. The highest BCUT2D eigenvalue weighted by Gasteiger charge is 2.27. The molecule has 0 bridgehead atoms. The lowest BCUT2D eigenvalue weighted by molar-refractivity contribution is -0.117. The molecule has 0 saturated carbocycles. The highest BCUT2D eigenvalue weighted by atomic mass is 35.5. The number of hydrogen-bond acceptors (Lipinski definition) is 4. The Morgan fingerprint density at radius 2 is 1.73 bits per heavy atom. The van der Waals surface area contributed by atoms with Crippen LogP contribution < -0.4 is 4.90 Å². The zero-order valence-electron chi connectivity index (χ0n) is 17.8. The van der Waals surface area contributed by atoms with Gasteiger partial charge in [0.2, 0.25) is 11.8 Å². The first-order valence-corrected chi connectivity index (χ1v) is 11.2. The van der Waals surface area contributed by atoms with Crippen molar-refractivity contribution in [3.8, 4) is 11.5 Å². The number of carbonyl (C=O) groups excluding carboxylic acids is 1. The number of fused-ring (bicyclic) bond motifs is 1. The number of nitrogens with zero attached hydrogens (tertiary/aromatic N) is 3. The van der Waals surface area contributed by atoms with Crippen LogP contribution in [0.5, 0.6) is 0 Å². The van der Waals surface area contributed by atoms with Crippen molar-refractivity contribution >= 4 is 40.5 Å². The maximum Gasteiger partial charge on any atom is 0.249 e. The fourth-order valence-corrected chi connectivity index (χ4v) is 4.26. The Balaban J connectivity index is 1.56. The maximum absolute atomic E-state index is 13.2. The number of benzodiazepines with no additional fused rings is 1. The summed E-state index contributed by atoms with van der Waals surface area (Å²) in [7, 11) is 0. The molecule has 0 N–H and O–H groups in total. The number of aliphatic imine (C=N–C) groups is 1. The van der Waals surface area contributed by atoms with Gasteiger partial charge in [0.1, 0.15) is 18.0 Å². The highest BCUT2D eigenvalue weighted by molar-refractivity contribution is 6.33. The molecule has 0 fully saturated rings. The van der Waals surface area contributed by atoms with Crippen molar-refractivity contribution in [2.45, 2.75) is 13.5 Å². The molecule has 5 rings (SSSR count). The number of halogens is 2. The summed E-state index contributed by atoms with van der Waals surface area (Å²) in [4.78, 5) is 24.2. The number of oxazole rings is 1.